The Balaban J connectivity index is 1.87. The van der Waals surface area contributed by atoms with Crippen molar-refractivity contribution in [3.63, 3.8) is 0 Å². The minimum absolute atomic E-state index is 0.371. The molecule has 1 aromatic heterocycles. The third kappa shape index (κ3) is 2.79. The first kappa shape index (κ1) is 11.1. The predicted molar refractivity (Wildman–Crippen MR) is 65.2 cm³/mol. The quantitative estimate of drug-likeness (QED) is 0.850. The summed E-state index contributed by atoms with van der Waals surface area (Å²) in [6, 6.07) is 0. The van der Waals surface area contributed by atoms with Crippen molar-refractivity contribution in [1.29, 1.82) is 0 Å². The zero-order valence-corrected chi connectivity index (χ0v) is 10.5. The molecule has 0 unspecified atom stereocenters. The van der Waals surface area contributed by atoms with Crippen molar-refractivity contribution in [2.45, 2.75) is 58.0 Å². The average molecular weight is 224 g/mol. The lowest BCUT2D eigenvalue weighted by atomic mass is 10.0. The van der Waals surface area contributed by atoms with Crippen LogP contribution in [0.1, 0.15) is 50.2 Å². The van der Waals surface area contributed by atoms with Crippen LogP contribution in [0.4, 0.5) is 0 Å². The van der Waals surface area contributed by atoms with Gasteiger partial charge in [-0.3, -0.25) is 0 Å². The summed E-state index contributed by atoms with van der Waals surface area (Å²) in [6.45, 7) is 5.44. The van der Waals surface area contributed by atoms with Crippen LogP contribution in [0.3, 0.4) is 0 Å². The largest absolute Gasteiger partial charge is 0.306 e. The molecule has 0 saturated heterocycles. The summed E-state index contributed by atoms with van der Waals surface area (Å²) >= 11 is 1.78. The molecule has 1 aliphatic rings. The third-order valence-corrected chi connectivity index (χ3v) is 4.35. The summed E-state index contributed by atoms with van der Waals surface area (Å²) < 4.78 is 0. The Morgan fingerprint density at radius 2 is 2.20 bits per heavy atom. The Labute approximate surface area is 96.1 Å². The molecule has 15 heavy (non-hydrogen) atoms. The number of nitrogens with zero attached hydrogens (tertiary/aromatic N) is 1. The molecule has 0 atom stereocenters. The standard InChI is InChI=1S/C12H20N2S/c1-3-11-14-10(9-15-11)8-13-12(2)6-4-5-7-12/h9,13H,3-8H2,1-2H3. The van der Waals surface area contributed by atoms with Gasteiger partial charge in [-0.1, -0.05) is 19.8 Å². The molecule has 0 spiro atoms. The first-order chi connectivity index (χ1) is 7.22. The maximum absolute atomic E-state index is 4.58. The molecule has 0 amide bonds. The van der Waals surface area contributed by atoms with E-state index in [4.69, 9.17) is 0 Å². The van der Waals surface area contributed by atoms with Gasteiger partial charge in [-0.25, -0.2) is 4.98 Å². The molecule has 0 radical (unpaired) electrons. The van der Waals surface area contributed by atoms with Crippen LogP contribution in [0.15, 0.2) is 5.38 Å². The molecule has 0 bridgehead atoms. The maximum Gasteiger partial charge on any atom is 0.0926 e. The topological polar surface area (TPSA) is 24.9 Å². The van der Waals surface area contributed by atoms with Gasteiger partial charge in [-0.2, -0.15) is 0 Å². The number of hydrogen-bond donors (Lipinski definition) is 1. The van der Waals surface area contributed by atoms with E-state index in [-0.39, 0.29) is 0 Å². The monoisotopic (exact) mass is 224 g/mol. The van der Waals surface area contributed by atoms with E-state index in [0.29, 0.717) is 5.54 Å². The molecule has 1 aliphatic carbocycles. The fourth-order valence-electron chi connectivity index (χ4n) is 2.23. The van der Waals surface area contributed by atoms with Gasteiger partial charge in [0.1, 0.15) is 0 Å². The Hall–Kier alpha value is -0.410. The Morgan fingerprint density at radius 3 is 2.80 bits per heavy atom. The molecule has 1 aromatic rings. The minimum Gasteiger partial charge on any atom is -0.306 e. The molecule has 0 aliphatic heterocycles. The second kappa shape index (κ2) is 4.62. The summed E-state index contributed by atoms with van der Waals surface area (Å²) in [5.41, 5.74) is 1.58. The predicted octanol–water partition coefficient (Wildman–Crippen LogP) is 3.13. The Morgan fingerprint density at radius 1 is 1.47 bits per heavy atom. The number of nitrogens with one attached hydrogen (secondary N) is 1. The molecular weight excluding hydrogens is 204 g/mol. The first-order valence-electron chi connectivity index (χ1n) is 5.90. The average Bonchev–Trinajstić information content (AvgIpc) is 2.84. The molecular formula is C12H20N2S. The van der Waals surface area contributed by atoms with Crippen molar-refractivity contribution in [2.75, 3.05) is 0 Å². The normalized spacial score (nSPS) is 19.6. The van der Waals surface area contributed by atoms with E-state index in [1.165, 1.54) is 36.4 Å². The van der Waals surface area contributed by atoms with Crippen molar-refractivity contribution in [1.82, 2.24) is 10.3 Å². The van der Waals surface area contributed by atoms with E-state index in [1.807, 2.05) is 0 Å². The van der Waals surface area contributed by atoms with E-state index in [9.17, 15) is 0 Å². The van der Waals surface area contributed by atoms with Crippen LogP contribution in [0.25, 0.3) is 0 Å². The third-order valence-electron chi connectivity index (χ3n) is 3.31. The number of aryl methyl sites for hydroxylation is 1. The molecule has 0 aromatic carbocycles. The smallest absolute Gasteiger partial charge is 0.0926 e. The number of hydrogen-bond acceptors (Lipinski definition) is 3. The SMILES string of the molecule is CCc1nc(CNC2(C)CCCC2)cs1. The number of thiazole rings is 1. The highest BCUT2D eigenvalue weighted by atomic mass is 32.1. The van der Waals surface area contributed by atoms with Gasteiger partial charge in [0, 0.05) is 17.5 Å². The van der Waals surface area contributed by atoms with Gasteiger partial charge in [0.25, 0.3) is 0 Å². The van der Waals surface area contributed by atoms with Crippen molar-refractivity contribution in [3.8, 4) is 0 Å². The molecule has 1 N–H and O–H groups in total. The van der Waals surface area contributed by atoms with Crippen molar-refractivity contribution < 1.29 is 0 Å². The lowest BCUT2D eigenvalue weighted by Crippen LogP contribution is -2.38. The molecule has 1 fully saturated rings. The van der Waals surface area contributed by atoms with E-state index >= 15 is 0 Å². The van der Waals surface area contributed by atoms with Crippen LogP contribution >= 0.6 is 11.3 Å². The van der Waals surface area contributed by atoms with Crippen molar-refractivity contribution >= 4 is 11.3 Å². The van der Waals surface area contributed by atoms with Crippen LogP contribution in [0.5, 0.6) is 0 Å². The highest BCUT2D eigenvalue weighted by Gasteiger charge is 2.27. The second-order valence-electron chi connectivity index (χ2n) is 4.71. The zero-order valence-electron chi connectivity index (χ0n) is 9.68. The first-order valence-corrected chi connectivity index (χ1v) is 6.78. The summed E-state index contributed by atoms with van der Waals surface area (Å²) in [5, 5.41) is 7.09. The van der Waals surface area contributed by atoms with Gasteiger partial charge < -0.3 is 5.32 Å². The number of rotatable bonds is 4. The van der Waals surface area contributed by atoms with Gasteiger partial charge in [-0.15, -0.1) is 11.3 Å². The number of aromatic nitrogens is 1. The highest BCUT2D eigenvalue weighted by molar-refractivity contribution is 7.09. The summed E-state index contributed by atoms with van der Waals surface area (Å²) in [6.07, 6.45) is 6.44. The Kier molecular flexibility index (Phi) is 3.42. The highest BCUT2D eigenvalue weighted by Crippen LogP contribution is 2.29. The van der Waals surface area contributed by atoms with Gasteiger partial charge in [0.2, 0.25) is 0 Å². The van der Waals surface area contributed by atoms with E-state index in [0.717, 1.165) is 13.0 Å². The molecule has 3 heteroatoms. The molecule has 2 nitrogen and oxygen atoms in total. The molecule has 2 rings (SSSR count). The molecule has 84 valence electrons. The zero-order chi connectivity index (χ0) is 10.7. The van der Waals surface area contributed by atoms with Gasteiger partial charge in [-0.05, 0) is 26.2 Å². The van der Waals surface area contributed by atoms with Crippen molar-refractivity contribution in [3.05, 3.63) is 16.1 Å². The summed E-state index contributed by atoms with van der Waals surface area (Å²) in [7, 11) is 0. The van der Waals surface area contributed by atoms with E-state index in [1.54, 1.807) is 11.3 Å². The van der Waals surface area contributed by atoms with Crippen LogP contribution in [-0.2, 0) is 13.0 Å². The van der Waals surface area contributed by atoms with Crippen LogP contribution in [0, 0.1) is 0 Å². The summed E-state index contributed by atoms with van der Waals surface area (Å²) in [5.74, 6) is 0. The van der Waals surface area contributed by atoms with Gasteiger partial charge in [0.05, 0.1) is 10.7 Å². The molecule has 1 heterocycles. The maximum atomic E-state index is 4.58. The fourth-order valence-corrected chi connectivity index (χ4v) is 2.97. The van der Waals surface area contributed by atoms with Gasteiger partial charge in [0.15, 0.2) is 0 Å². The summed E-state index contributed by atoms with van der Waals surface area (Å²) in [4.78, 5) is 4.58. The molecule has 1 saturated carbocycles. The van der Waals surface area contributed by atoms with Crippen molar-refractivity contribution in [2.24, 2.45) is 0 Å². The lowest BCUT2D eigenvalue weighted by Gasteiger charge is -2.24. The van der Waals surface area contributed by atoms with Crippen LogP contribution in [-0.4, -0.2) is 10.5 Å². The van der Waals surface area contributed by atoms with Crippen LogP contribution in [0.2, 0.25) is 0 Å². The fraction of sp³-hybridized carbons (Fsp3) is 0.750. The van der Waals surface area contributed by atoms with E-state index < -0.39 is 0 Å². The lowest BCUT2D eigenvalue weighted by molar-refractivity contribution is 0.361. The minimum atomic E-state index is 0.371. The Bertz CT molecular complexity index is 313. The van der Waals surface area contributed by atoms with E-state index in [2.05, 4.69) is 29.5 Å². The van der Waals surface area contributed by atoms with Crippen LogP contribution < -0.4 is 5.32 Å². The van der Waals surface area contributed by atoms with Gasteiger partial charge >= 0.3 is 0 Å². The second-order valence-corrected chi connectivity index (χ2v) is 5.65.